The van der Waals surface area contributed by atoms with Crippen molar-refractivity contribution in [1.29, 1.82) is 5.26 Å². The van der Waals surface area contributed by atoms with Crippen LogP contribution in [0.5, 0.6) is 5.75 Å². The van der Waals surface area contributed by atoms with Gasteiger partial charge in [-0.05, 0) is 12.1 Å². The standard InChI is InChI=1S/C9H7F2NO/c1-13-9-6(4-5-12)7(10)2-3-8(9)11/h2-3H,4H2,1H3. The quantitative estimate of drug-likeness (QED) is 0.702. The van der Waals surface area contributed by atoms with Gasteiger partial charge in [-0.2, -0.15) is 5.26 Å². The summed E-state index contributed by atoms with van der Waals surface area (Å²) in [6.07, 6.45) is -0.202. The number of rotatable bonds is 2. The van der Waals surface area contributed by atoms with Gasteiger partial charge in [-0.3, -0.25) is 0 Å². The van der Waals surface area contributed by atoms with E-state index >= 15 is 0 Å². The Bertz CT molecular complexity index is 357. The number of ether oxygens (including phenoxy) is 1. The van der Waals surface area contributed by atoms with E-state index < -0.39 is 11.6 Å². The fourth-order valence-electron chi connectivity index (χ4n) is 1.04. The monoisotopic (exact) mass is 183 g/mol. The third-order valence-electron chi connectivity index (χ3n) is 1.62. The van der Waals surface area contributed by atoms with Crippen molar-refractivity contribution in [3.8, 4) is 11.8 Å². The first-order valence-electron chi connectivity index (χ1n) is 3.58. The summed E-state index contributed by atoms with van der Waals surface area (Å²) in [7, 11) is 1.23. The molecule has 1 aromatic rings. The Kier molecular flexibility index (Phi) is 2.80. The second kappa shape index (κ2) is 3.85. The molecule has 0 amide bonds. The van der Waals surface area contributed by atoms with Gasteiger partial charge in [0.2, 0.25) is 0 Å². The summed E-state index contributed by atoms with van der Waals surface area (Å²) < 4.78 is 30.6. The van der Waals surface area contributed by atoms with Crippen molar-refractivity contribution in [2.45, 2.75) is 6.42 Å². The SMILES string of the molecule is COc1c(F)ccc(F)c1CC#N. The molecule has 0 atom stereocenters. The lowest BCUT2D eigenvalue weighted by Gasteiger charge is -2.06. The zero-order valence-electron chi connectivity index (χ0n) is 6.97. The molecule has 13 heavy (non-hydrogen) atoms. The lowest BCUT2D eigenvalue weighted by atomic mass is 10.1. The van der Waals surface area contributed by atoms with Gasteiger partial charge in [0.1, 0.15) is 5.82 Å². The Morgan fingerprint density at radius 2 is 2.00 bits per heavy atom. The Balaban J connectivity index is 3.27. The van der Waals surface area contributed by atoms with Crippen molar-refractivity contribution in [2.24, 2.45) is 0 Å². The Morgan fingerprint density at radius 1 is 1.38 bits per heavy atom. The Morgan fingerprint density at radius 3 is 2.54 bits per heavy atom. The second-order valence-corrected chi connectivity index (χ2v) is 2.38. The number of methoxy groups -OCH3 is 1. The first kappa shape index (κ1) is 9.46. The molecule has 0 bridgehead atoms. The number of halogens is 2. The highest BCUT2D eigenvalue weighted by Crippen LogP contribution is 2.25. The van der Waals surface area contributed by atoms with Gasteiger partial charge in [-0.1, -0.05) is 0 Å². The molecule has 4 heteroatoms. The van der Waals surface area contributed by atoms with Crippen LogP contribution in [0.15, 0.2) is 12.1 Å². The molecule has 0 saturated carbocycles. The number of nitriles is 1. The molecule has 0 aliphatic carbocycles. The molecule has 0 fully saturated rings. The number of hydrogen-bond acceptors (Lipinski definition) is 2. The topological polar surface area (TPSA) is 33.0 Å². The third kappa shape index (κ3) is 1.75. The molecule has 1 aromatic carbocycles. The summed E-state index contributed by atoms with van der Waals surface area (Å²) in [5, 5.41) is 8.36. The highest BCUT2D eigenvalue weighted by Gasteiger charge is 2.13. The minimum Gasteiger partial charge on any atom is -0.493 e. The highest BCUT2D eigenvalue weighted by molar-refractivity contribution is 5.37. The largest absolute Gasteiger partial charge is 0.493 e. The first-order valence-corrected chi connectivity index (χ1v) is 3.58. The summed E-state index contributed by atoms with van der Waals surface area (Å²) in [6.45, 7) is 0. The number of nitrogens with zero attached hydrogens (tertiary/aromatic N) is 1. The molecule has 0 heterocycles. The van der Waals surface area contributed by atoms with E-state index in [1.807, 2.05) is 0 Å². The van der Waals surface area contributed by atoms with Gasteiger partial charge in [0.05, 0.1) is 19.6 Å². The van der Waals surface area contributed by atoms with Crippen LogP contribution in [0, 0.1) is 23.0 Å². The fourth-order valence-corrected chi connectivity index (χ4v) is 1.04. The lowest BCUT2D eigenvalue weighted by Crippen LogP contribution is -1.98. The van der Waals surface area contributed by atoms with E-state index in [1.165, 1.54) is 7.11 Å². The molecule has 0 radical (unpaired) electrons. The normalized spacial score (nSPS) is 9.38. The summed E-state index contributed by atoms with van der Waals surface area (Å²) in [5.41, 5.74) is -0.0370. The van der Waals surface area contributed by atoms with E-state index in [1.54, 1.807) is 6.07 Å². The molecular weight excluding hydrogens is 176 g/mol. The van der Waals surface area contributed by atoms with Crippen LogP contribution in [0.4, 0.5) is 8.78 Å². The predicted octanol–water partition coefficient (Wildman–Crippen LogP) is 2.04. The maximum Gasteiger partial charge on any atom is 0.165 e. The van der Waals surface area contributed by atoms with Crippen LogP contribution in [0.3, 0.4) is 0 Å². The van der Waals surface area contributed by atoms with Crippen molar-refractivity contribution in [3.63, 3.8) is 0 Å². The van der Waals surface area contributed by atoms with Crippen molar-refractivity contribution in [2.75, 3.05) is 7.11 Å². The maximum absolute atomic E-state index is 13.0. The Hall–Kier alpha value is -1.63. The molecule has 0 aliphatic rings. The average molecular weight is 183 g/mol. The van der Waals surface area contributed by atoms with Crippen molar-refractivity contribution in [1.82, 2.24) is 0 Å². The average Bonchev–Trinajstić information content (AvgIpc) is 2.12. The van der Waals surface area contributed by atoms with E-state index in [0.29, 0.717) is 0 Å². The zero-order valence-corrected chi connectivity index (χ0v) is 6.97. The molecule has 0 unspecified atom stereocenters. The van der Waals surface area contributed by atoms with E-state index in [-0.39, 0.29) is 17.7 Å². The summed E-state index contributed by atoms with van der Waals surface area (Å²) in [5.74, 6) is -1.48. The van der Waals surface area contributed by atoms with Crippen LogP contribution in [0.2, 0.25) is 0 Å². The van der Waals surface area contributed by atoms with Gasteiger partial charge in [0.25, 0.3) is 0 Å². The number of hydrogen-bond donors (Lipinski definition) is 0. The van der Waals surface area contributed by atoms with E-state index in [9.17, 15) is 8.78 Å². The van der Waals surface area contributed by atoms with E-state index in [0.717, 1.165) is 12.1 Å². The predicted molar refractivity (Wildman–Crippen MR) is 42.2 cm³/mol. The maximum atomic E-state index is 13.0. The smallest absolute Gasteiger partial charge is 0.165 e. The second-order valence-electron chi connectivity index (χ2n) is 2.38. The van der Waals surface area contributed by atoms with Crippen LogP contribution in [0.1, 0.15) is 5.56 Å². The Labute approximate surface area is 74.4 Å². The van der Waals surface area contributed by atoms with Crippen LogP contribution in [0.25, 0.3) is 0 Å². The summed E-state index contributed by atoms with van der Waals surface area (Å²) in [6, 6.07) is 3.68. The molecule has 0 saturated heterocycles. The summed E-state index contributed by atoms with van der Waals surface area (Å²) in [4.78, 5) is 0. The lowest BCUT2D eigenvalue weighted by molar-refractivity contribution is 0.377. The minimum atomic E-state index is -0.658. The van der Waals surface area contributed by atoms with Crippen LogP contribution < -0.4 is 4.74 Å². The van der Waals surface area contributed by atoms with Gasteiger partial charge < -0.3 is 4.74 Å². The third-order valence-corrected chi connectivity index (χ3v) is 1.62. The summed E-state index contributed by atoms with van der Waals surface area (Å²) >= 11 is 0. The van der Waals surface area contributed by atoms with Crippen molar-refractivity contribution in [3.05, 3.63) is 29.3 Å². The van der Waals surface area contributed by atoms with Gasteiger partial charge in [-0.25, -0.2) is 8.78 Å². The zero-order chi connectivity index (χ0) is 9.84. The molecule has 0 aromatic heterocycles. The van der Waals surface area contributed by atoms with Gasteiger partial charge >= 0.3 is 0 Å². The highest BCUT2D eigenvalue weighted by atomic mass is 19.1. The van der Waals surface area contributed by atoms with Gasteiger partial charge in [0, 0.05) is 5.56 Å². The van der Waals surface area contributed by atoms with Crippen LogP contribution in [-0.4, -0.2) is 7.11 Å². The number of benzene rings is 1. The first-order chi connectivity index (χ1) is 6.20. The molecule has 0 spiro atoms. The molecule has 1 rings (SSSR count). The van der Waals surface area contributed by atoms with Crippen molar-refractivity contribution >= 4 is 0 Å². The fraction of sp³-hybridized carbons (Fsp3) is 0.222. The molecule has 2 nitrogen and oxygen atoms in total. The minimum absolute atomic E-state index is 0.0370. The molecule has 0 aliphatic heterocycles. The van der Waals surface area contributed by atoms with Gasteiger partial charge in [0.15, 0.2) is 11.6 Å². The van der Waals surface area contributed by atoms with Gasteiger partial charge in [-0.15, -0.1) is 0 Å². The van der Waals surface area contributed by atoms with E-state index in [4.69, 9.17) is 5.26 Å². The van der Waals surface area contributed by atoms with Crippen LogP contribution in [-0.2, 0) is 6.42 Å². The van der Waals surface area contributed by atoms with Crippen molar-refractivity contribution < 1.29 is 13.5 Å². The van der Waals surface area contributed by atoms with E-state index in [2.05, 4.69) is 4.74 Å². The molecule has 0 N–H and O–H groups in total. The van der Waals surface area contributed by atoms with Crippen LogP contribution >= 0.6 is 0 Å². The molecule has 68 valence electrons. The molecular formula is C9H7F2NO.